The van der Waals surface area contributed by atoms with Gasteiger partial charge in [0.1, 0.15) is 10.8 Å². The lowest BCUT2D eigenvalue weighted by atomic mass is 10.1. The Morgan fingerprint density at radius 3 is 2.78 bits per heavy atom. The van der Waals surface area contributed by atoms with Gasteiger partial charge in [-0.25, -0.2) is 9.37 Å². The highest BCUT2D eigenvalue weighted by molar-refractivity contribution is 7.15. The first-order valence-electron chi connectivity index (χ1n) is 5.92. The average Bonchev–Trinajstić information content (AvgIpc) is 3.12. The van der Waals surface area contributed by atoms with Crippen LogP contribution in [-0.2, 0) is 0 Å². The van der Waals surface area contributed by atoms with E-state index in [1.54, 1.807) is 0 Å². The second-order valence-electron chi connectivity index (χ2n) is 4.69. The number of aromatic nitrogens is 2. The van der Waals surface area contributed by atoms with Crippen LogP contribution in [0.2, 0.25) is 0 Å². The predicted octanol–water partition coefficient (Wildman–Crippen LogP) is 4.00. The molecule has 2 heterocycles. The smallest absolute Gasteiger partial charge is 0.227 e. The van der Waals surface area contributed by atoms with Gasteiger partial charge in [-0.15, -0.1) is 11.3 Å². The molecular formula is C13H12F2N2S. The number of nitrogens with zero attached hydrogens (tertiary/aromatic N) is 2. The van der Waals surface area contributed by atoms with E-state index in [-0.39, 0.29) is 5.92 Å². The van der Waals surface area contributed by atoms with Crippen molar-refractivity contribution in [3.8, 4) is 10.6 Å². The molecule has 2 aromatic rings. The maximum absolute atomic E-state index is 13.8. The number of pyridine rings is 1. The van der Waals surface area contributed by atoms with Gasteiger partial charge >= 0.3 is 0 Å². The lowest BCUT2D eigenvalue weighted by Crippen LogP contribution is -1.95. The molecule has 2 nitrogen and oxygen atoms in total. The van der Waals surface area contributed by atoms with E-state index in [2.05, 4.69) is 9.97 Å². The Balaban J connectivity index is 1.96. The second-order valence-corrected chi connectivity index (χ2v) is 5.72. The van der Waals surface area contributed by atoms with Crippen LogP contribution >= 0.6 is 11.3 Å². The molecule has 1 saturated carbocycles. The van der Waals surface area contributed by atoms with Crippen molar-refractivity contribution < 1.29 is 8.78 Å². The van der Waals surface area contributed by atoms with Crippen LogP contribution in [0.4, 0.5) is 8.78 Å². The van der Waals surface area contributed by atoms with Crippen LogP contribution in [0.15, 0.2) is 18.5 Å². The summed E-state index contributed by atoms with van der Waals surface area (Å²) >= 11 is 1.30. The minimum Gasteiger partial charge on any atom is -0.261 e. The Kier molecular flexibility index (Phi) is 2.86. The summed E-state index contributed by atoms with van der Waals surface area (Å²) in [7, 11) is 0. The largest absolute Gasteiger partial charge is 0.261 e. The highest BCUT2D eigenvalue weighted by atomic mass is 32.1. The molecule has 0 aromatic carbocycles. The van der Waals surface area contributed by atoms with E-state index in [1.807, 2.05) is 6.92 Å². The normalized spacial score (nSPS) is 16.8. The van der Waals surface area contributed by atoms with Crippen molar-refractivity contribution in [3.63, 3.8) is 0 Å². The zero-order chi connectivity index (χ0) is 12.7. The Bertz CT molecular complexity index is 578. The summed E-state index contributed by atoms with van der Waals surface area (Å²) in [6.07, 6.45) is 4.96. The van der Waals surface area contributed by atoms with E-state index in [0.29, 0.717) is 21.4 Å². The lowest BCUT2D eigenvalue weighted by Gasteiger charge is -2.05. The molecule has 0 spiro atoms. The van der Waals surface area contributed by atoms with Gasteiger partial charge in [-0.1, -0.05) is 6.92 Å². The molecule has 0 aliphatic heterocycles. The molecule has 1 unspecified atom stereocenters. The van der Waals surface area contributed by atoms with Crippen LogP contribution in [-0.4, -0.2) is 9.97 Å². The number of hydrogen-bond acceptors (Lipinski definition) is 3. The Labute approximate surface area is 108 Å². The topological polar surface area (TPSA) is 25.8 Å². The zero-order valence-corrected chi connectivity index (χ0v) is 10.7. The highest BCUT2D eigenvalue weighted by Crippen LogP contribution is 2.45. The lowest BCUT2D eigenvalue weighted by molar-refractivity contribution is 0.549. The van der Waals surface area contributed by atoms with Crippen LogP contribution in [0.1, 0.15) is 30.6 Å². The van der Waals surface area contributed by atoms with Crippen molar-refractivity contribution in [1.82, 2.24) is 9.97 Å². The molecule has 5 heteroatoms. The van der Waals surface area contributed by atoms with Crippen LogP contribution in [0.25, 0.3) is 10.6 Å². The summed E-state index contributed by atoms with van der Waals surface area (Å²) in [5, 5.41) is 0.502. The Morgan fingerprint density at radius 1 is 1.33 bits per heavy atom. The molecular weight excluding hydrogens is 254 g/mol. The van der Waals surface area contributed by atoms with Gasteiger partial charge in [0.15, 0.2) is 0 Å². The number of hydrogen-bond donors (Lipinski definition) is 0. The van der Waals surface area contributed by atoms with Crippen molar-refractivity contribution >= 4 is 11.3 Å². The van der Waals surface area contributed by atoms with Crippen molar-refractivity contribution in [1.29, 1.82) is 0 Å². The SMILES string of the molecule is CC(c1sc(-c2cncc(F)c2)nc1F)C1CC1. The van der Waals surface area contributed by atoms with Crippen molar-refractivity contribution in [3.05, 3.63) is 35.1 Å². The number of thiazole rings is 1. The Hall–Kier alpha value is -1.36. The second kappa shape index (κ2) is 4.39. The third-order valence-electron chi connectivity index (χ3n) is 3.30. The van der Waals surface area contributed by atoms with Crippen LogP contribution in [0, 0.1) is 17.7 Å². The standard InChI is InChI=1S/C13H12F2N2S/c1-7(8-2-3-8)11-12(15)17-13(18-11)9-4-10(14)6-16-5-9/h4-8H,2-3H2,1H3. The molecule has 1 atom stereocenters. The maximum Gasteiger partial charge on any atom is 0.227 e. The molecule has 94 valence electrons. The minimum atomic E-state index is -0.431. The molecule has 1 fully saturated rings. The third-order valence-corrected chi connectivity index (χ3v) is 4.58. The molecule has 3 rings (SSSR count). The molecule has 0 saturated heterocycles. The van der Waals surface area contributed by atoms with Crippen molar-refractivity contribution in [2.75, 3.05) is 0 Å². The summed E-state index contributed by atoms with van der Waals surface area (Å²) in [6, 6.07) is 1.33. The average molecular weight is 266 g/mol. The molecule has 0 radical (unpaired) electrons. The van der Waals surface area contributed by atoms with Gasteiger partial charge in [0.2, 0.25) is 5.95 Å². The van der Waals surface area contributed by atoms with Gasteiger partial charge in [0.25, 0.3) is 0 Å². The summed E-state index contributed by atoms with van der Waals surface area (Å²) in [4.78, 5) is 8.34. The zero-order valence-electron chi connectivity index (χ0n) is 9.86. The van der Waals surface area contributed by atoms with Gasteiger partial charge in [0, 0.05) is 11.8 Å². The van der Waals surface area contributed by atoms with E-state index in [9.17, 15) is 8.78 Å². The van der Waals surface area contributed by atoms with Crippen LogP contribution in [0.3, 0.4) is 0 Å². The Morgan fingerprint density at radius 2 is 2.11 bits per heavy atom. The van der Waals surface area contributed by atoms with Crippen LogP contribution in [0.5, 0.6) is 0 Å². The van der Waals surface area contributed by atoms with Gasteiger partial charge in [0.05, 0.1) is 11.1 Å². The van der Waals surface area contributed by atoms with E-state index < -0.39 is 11.8 Å². The fraction of sp³-hybridized carbons (Fsp3) is 0.385. The van der Waals surface area contributed by atoms with Crippen molar-refractivity contribution in [2.45, 2.75) is 25.7 Å². The highest BCUT2D eigenvalue weighted by Gasteiger charge is 2.32. The maximum atomic E-state index is 13.8. The molecule has 0 amide bonds. The summed E-state index contributed by atoms with van der Waals surface area (Å²) < 4.78 is 26.9. The summed E-state index contributed by atoms with van der Waals surface area (Å²) in [5.74, 6) is -0.0604. The third kappa shape index (κ3) is 2.14. The van der Waals surface area contributed by atoms with E-state index in [4.69, 9.17) is 0 Å². The predicted molar refractivity (Wildman–Crippen MR) is 66.4 cm³/mol. The van der Waals surface area contributed by atoms with Gasteiger partial charge in [-0.2, -0.15) is 4.39 Å². The molecule has 1 aliphatic rings. The molecule has 18 heavy (non-hydrogen) atoms. The fourth-order valence-electron chi connectivity index (χ4n) is 2.06. The first-order valence-corrected chi connectivity index (χ1v) is 6.74. The van der Waals surface area contributed by atoms with Crippen LogP contribution < -0.4 is 0 Å². The summed E-state index contributed by atoms with van der Waals surface area (Å²) in [6.45, 7) is 2.03. The minimum absolute atomic E-state index is 0.206. The molecule has 0 N–H and O–H groups in total. The van der Waals surface area contributed by atoms with Crippen molar-refractivity contribution in [2.24, 2.45) is 5.92 Å². The molecule has 2 aromatic heterocycles. The first-order chi connectivity index (χ1) is 8.65. The van der Waals surface area contributed by atoms with Gasteiger partial charge in [-0.05, 0) is 30.7 Å². The van der Waals surface area contributed by atoms with E-state index >= 15 is 0 Å². The van der Waals surface area contributed by atoms with Gasteiger partial charge in [-0.3, -0.25) is 4.98 Å². The first kappa shape index (κ1) is 11.7. The quantitative estimate of drug-likeness (QED) is 0.839. The van der Waals surface area contributed by atoms with E-state index in [1.165, 1.54) is 23.6 Å². The number of halogens is 2. The summed E-state index contributed by atoms with van der Waals surface area (Å²) in [5.41, 5.74) is 0.535. The van der Waals surface area contributed by atoms with Gasteiger partial charge < -0.3 is 0 Å². The number of rotatable bonds is 3. The monoisotopic (exact) mass is 266 g/mol. The molecule has 0 bridgehead atoms. The molecule has 1 aliphatic carbocycles. The van der Waals surface area contributed by atoms with E-state index in [0.717, 1.165) is 19.0 Å². The fourth-order valence-corrected chi connectivity index (χ4v) is 3.13.